The predicted molar refractivity (Wildman–Crippen MR) is 94.7 cm³/mol. The Morgan fingerprint density at radius 3 is 2.70 bits per heavy atom. The minimum Gasteiger partial charge on any atom is -0.472 e. The zero-order valence-corrected chi connectivity index (χ0v) is 14.4. The number of ether oxygens (including phenoxy) is 1. The molecule has 1 aromatic heterocycles. The number of thioether (sulfide) groups is 1. The average Bonchev–Trinajstić information content (AvgIpc) is 2.60. The van der Waals surface area contributed by atoms with Crippen LogP contribution in [0.25, 0.3) is 0 Å². The Kier molecular flexibility index (Phi) is 8.89. The number of pyridine rings is 1. The largest absolute Gasteiger partial charge is 0.472 e. The maximum Gasteiger partial charge on any atom is 0.232 e. The van der Waals surface area contributed by atoms with Gasteiger partial charge >= 0.3 is 0 Å². The van der Waals surface area contributed by atoms with Gasteiger partial charge in [0.15, 0.2) is 0 Å². The molecule has 4 N–H and O–H groups in total. The minimum atomic E-state index is 0.403. The van der Waals surface area contributed by atoms with Crippen LogP contribution in [-0.4, -0.2) is 24.7 Å². The van der Waals surface area contributed by atoms with Crippen molar-refractivity contribution >= 4 is 35.5 Å². The summed E-state index contributed by atoms with van der Waals surface area (Å²) in [4.78, 5) is 14.2. The molecular formula is C15H19ClN4O2S. The van der Waals surface area contributed by atoms with Crippen molar-refractivity contribution in [1.82, 2.24) is 10.4 Å². The second-order valence-corrected chi connectivity index (χ2v) is 5.36. The number of halogens is 1. The second-order valence-electron chi connectivity index (χ2n) is 4.10. The summed E-state index contributed by atoms with van der Waals surface area (Å²) in [5.74, 6) is 4.87. The first-order chi connectivity index (χ1) is 11.2. The van der Waals surface area contributed by atoms with Gasteiger partial charge in [0.2, 0.25) is 12.3 Å². The van der Waals surface area contributed by atoms with E-state index in [0.717, 1.165) is 11.3 Å². The van der Waals surface area contributed by atoms with E-state index < -0.39 is 0 Å². The fourth-order valence-electron chi connectivity index (χ4n) is 1.76. The second kappa shape index (κ2) is 10.7. The number of benzene rings is 1. The van der Waals surface area contributed by atoms with Crippen LogP contribution in [0.1, 0.15) is 5.56 Å². The lowest BCUT2D eigenvalue weighted by Gasteiger charge is -2.14. The molecule has 124 valence electrons. The van der Waals surface area contributed by atoms with E-state index in [2.05, 4.69) is 22.2 Å². The topological polar surface area (TPSA) is 89.3 Å². The number of hydrazine groups is 1. The molecule has 8 heteroatoms. The van der Waals surface area contributed by atoms with Crippen LogP contribution in [0.2, 0.25) is 5.02 Å². The van der Waals surface area contributed by atoms with Gasteiger partial charge in [-0.05, 0) is 30.5 Å². The number of carbonyl (C=O) groups is 1. The molecule has 0 saturated heterocycles. The molecule has 0 aliphatic heterocycles. The monoisotopic (exact) mass is 354 g/mol. The van der Waals surface area contributed by atoms with E-state index in [0.29, 0.717) is 23.9 Å². The van der Waals surface area contributed by atoms with E-state index in [1.165, 1.54) is 4.90 Å². The van der Waals surface area contributed by atoms with Gasteiger partial charge in [-0.15, -0.1) is 11.8 Å². The zero-order chi connectivity index (χ0) is 17.1. The molecule has 1 heterocycles. The van der Waals surface area contributed by atoms with Gasteiger partial charge in [-0.2, -0.15) is 0 Å². The summed E-state index contributed by atoms with van der Waals surface area (Å²) in [5, 5.41) is 3.70. The Morgan fingerprint density at radius 2 is 2.13 bits per heavy atom. The molecular weight excluding hydrogens is 336 g/mol. The normalized spacial score (nSPS) is 9.39. The van der Waals surface area contributed by atoms with E-state index in [-0.39, 0.29) is 0 Å². The molecule has 2 aromatic rings. The van der Waals surface area contributed by atoms with Gasteiger partial charge in [-0.3, -0.25) is 10.2 Å². The van der Waals surface area contributed by atoms with Crippen molar-refractivity contribution in [3.63, 3.8) is 0 Å². The van der Waals surface area contributed by atoms with Crippen molar-refractivity contribution in [2.75, 3.05) is 18.6 Å². The Morgan fingerprint density at radius 1 is 1.39 bits per heavy atom. The molecule has 1 aromatic carbocycles. The lowest BCUT2D eigenvalue weighted by molar-refractivity contribution is -0.109. The number of anilines is 1. The highest BCUT2D eigenvalue weighted by atomic mass is 35.5. The quantitative estimate of drug-likeness (QED) is 0.243. The number of carbonyl (C=O) groups excluding carboxylic acids is 1. The first kappa shape index (κ1) is 19.1. The van der Waals surface area contributed by atoms with Gasteiger partial charge in [0, 0.05) is 29.4 Å². The first-order valence-corrected chi connectivity index (χ1v) is 8.24. The molecule has 23 heavy (non-hydrogen) atoms. The summed E-state index contributed by atoms with van der Waals surface area (Å²) >= 11 is 7.72. The lowest BCUT2D eigenvalue weighted by Crippen LogP contribution is -2.18. The van der Waals surface area contributed by atoms with E-state index in [1.54, 1.807) is 35.5 Å². The summed E-state index contributed by atoms with van der Waals surface area (Å²) in [6.45, 7) is 0.434. The molecule has 0 aliphatic carbocycles. The highest BCUT2D eigenvalue weighted by Crippen LogP contribution is 2.29. The van der Waals surface area contributed by atoms with Gasteiger partial charge in [0.05, 0.1) is 0 Å². The van der Waals surface area contributed by atoms with Gasteiger partial charge in [-0.25, -0.2) is 10.8 Å². The maximum absolute atomic E-state index is 8.94. The van der Waals surface area contributed by atoms with Crippen LogP contribution in [0.5, 0.6) is 5.88 Å². The predicted octanol–water partition coefficient (Wildman–Crippen LogP) is 2.68. The summed E-state index contributed by atoms with van der Waals surface area (Å²) in [6, 6.07) is 9.67. The van der Waals surface area contributed by atoms with Crippen LogP contribution < -0.4 is 21.3 Å². The molecule has 0 bridgehead atoms. The Labute approximate surface area is 144 Å². The van der Waals surface area contributed by atoms with Crippen LogP contribution in [0.15, 0.2) is 41.4 Å². The van der Waals surface area contributed by atoms with Crippen LogP contribution in [0.4, 0.5) is 5.69 Å². The molecule has 1 amide bonds. The third kappa shape index (κ3) is 5.97. The Balaban J connectivity index is 0.000000593. The number of nitrogens with zero attached hydrogens (tertiary/aromatic N) is 1. The van der Waals surface area contributed by atoms with Gasteiger partial charge in [-0.1, -0.05) is 17.7 Å². The highest BCUT2D eigenvalue weighted by molar-refractivity contribution is 7.98. The molecule has 0 unspecified atom stereocenters. The number of hydrogen-bond donors (Lipinski definition) is 3. The van der Waals surface area contributed by atoms with Crippen molar-refractivity contribution in [2.24, 2.45) is 5.84 Å². The number of nitrogens with one attached hydrogen (secondary N) is 2. The van der Waals surface area contributed by atoms with E-state index in [9.17, 15) is 0 Å². The summed E-state index contributed by atoms with van der Waals surface area (Å²) in [7, 11) is 1.90. The SMILES string of the molecule is CNc1cccc(SC)c1COc1ncccc1Cl.NNC=O. The Bertz CT molecular complexity index is 606. The molecule has 0 atom stereocenters. The molecule has 0 spiro atoms. The highest BCUT2D eigenvalue weighted by Gasteiger charge is 2.09. The molecule has 0 fully saturated rings. The maximum atomic E-state index is 8.94. The molecule has 0 aliphatic rings. The zero-order valence-electron chi connectivity index (χ0n) is 12.9. The van der Waals surface area contributed by atoms with Crippen molar-refractivity contribution in [1.29, 1.82) is 0 Å². The lowest BCUT2D eigenvalue weighted by atomic mass is 10.2. The van der Waals surface area contributed by atoms with Crippen molar-refractivity contribution in [2.45, 2.75) is 11.5 Å². The van der Waals surface area contributed by atoms with Crippen LogP contribution in [0, 0.1) is 0 Å². The van der Waals surface area contributed by atoms with Crippen LogP contribution in [-0.2, 0) is 11.4 Å². The summed E-state index contributed by atoms with van der Waals surface area (Å²) in [6.07, 6.45) is 4.12. The van der Waals surface area contributed by atoms with Crippen LogP contribution in [0.3, 0.4) is 0 Å². The third-order valence-electron chi connectivity index (χ3n) is 2.77. The van der Waals surface area contributed by atoms with Gasteiger partial charge in [0.1, 0.15) is 11.6 Å². The fourth-order valence-corrected chi connectivity index (χ4v) is 2.56. The fraction of sp³-hybridized carbons (Fsp3) is 0.200. The smallest absolute Gasteiger partial charge is 0.232 e. The summed E-state index contributed by atoms with van der Waals surface area (Å²) in [5.41, 5.74) is 3.91. The minimum absolute atomic E-state index is 0.403. The molecule has 0 radical (unpaired) electrons. The van der Waals surface area contributed by atoms with E-state index in [4.69, 9.17) is 21.1 Å². The van der Waals surface area contributed by atoms with Crippen molar-refractivity contribution in [3.05, 3.63) is 47.1 Å². The van der Waals surface area contributed by atoms with Crippen LogP contribution >= 0.6 is 23.4 Å². The summed E-state index contributed by atoms with van der Waals surface area (Å²) < 4.78 is 5.71. The first-order valence-electron chi connectivity index (χ1n) is 6.64. The molecule has 0 saturated carbocycles. The van der Waals surface area contributed by atoms with Gasteiger partial charge < -0.3 is 10.1 Å². The number of rotatable bonds is 6. The van der Waals surface area contributed by atoms with Crippen molar-refractivity contribution in [3.8, 4) is 5.88 Å². The van der Waals surface area contributed by atoms with E-state index >= 15 is 0 Å². The molecule has 6 nitrogen and oxygen atoms in total. The van der Waals surface area contributed by atoms with E-state index in [1.807, 2.05) is 25.4 Å². The number of hydrogen-bond acceptors (Lipinski definition) is 6. The number of aromatic nitrogens is 1. The number of nitrogens with two attached hydrogens (primary N) is 1. The van der Waals surface area contributed by atoms with Crippen molar-refractivity contribution < 1.29 is 9.53 Å². The average molecular weight is 355 g/mol. The van der Waals surface area contributed by atoms with Gasteiger partial charge in [0.25, 0.3) is 0 Å². The molecule has 2 rings (SSSR count). The third-order valence-corrected chi connectivity index (χ3v) is 3.88. The number of amides is 1. The Hall–Kier alpha value is -1.96. The standard InChI is InChI=1S/C14H15ClN2OS.CH4N2O/c1-16-12-6-3-7-13(19-2)10(12)9-18-14-11(15)5-4-8-17-14;2-3-1-4/h3-8,16H,9H2,1-2H3;1H,2H2,(H,3,4).